The molecule has 1 heterocycles. The molecule has 2 aromatic rings. The summed E-state index contributed by atoms with van der Waals surface area (Å²) >= 11 is 5.98. The van der Waals surface area contributed by atoms with E-state index in [1.807, 2.05) is 0 Å². The molecule has 0 amide bonds. The second-order valence-corrected chi connectivity index (χ2v) is 5.28. The second kappa shape index (κ2) is 5.45. The summed E-state index contributed by atoms with van der Waals surface area (Å²) in [6.45, 7) is 0.476. The standard InChI is InChI=1S/C16H11ClF2O2/c17-10-6-9-4-5-21-16(9)12(7-10)15(20)8-11-13(18)2-1-3-14(11)19/h1-3,6-7H,4-5,8H2. The van der Waals surface area contributed by atoms with Crippen molar-refractivity contribution in [3.63, 3.8) is 0 Å². The summed E-state index contributed by atoms with van der Waals surface area (Å²) in [5.74, 6) is -1.41. The average Bonchev–Trinajstić information content (AvgIpc) is 2.90. The lowest BCUT2D eigenvalue weighted by Crippen LogP contribution is -2.09. The molecule has 0 saturated heterocycles. The Labute approximate surface area is 125 Å². The molecule has 21 heavy (non-hydrogen) atoms. The Morgan fingerprint density at radius 1 is 1.24 bits per heavy atom. The van der Waals surface area contributed by atoms with Crippen LogP contribution in [0.5, 0.6) is 5.75 Å². The Balaban J connectivity index is 1.97. The zero-order valence-corrected chi connectivity index (χ0v) is 11.7. The van der Waals surface area contributed by atoms with Crippen molar-refractivity contribution in [2.75, 3.05) is 6.61 Å². The summed E-state index contributed by atoms with van der Waals surface area (Å²) in [4.78, 5) is 12.4. The zero-order valence-electron chi connectivity index (χ0n) is 11.0. The maximum Gasteiger partial charge on any atom is 0.171 e. The smallest absolute Gasteiger partial charge is 0.171 e. The minimum absolute atomic E-state index is 0.241. The SMILES string of the molecule is O=C(Cc1c(F)cccc1F)c1cc(Cl)cc2c1OCC2. The van der Waals surface area contributed by atoms with Crippen LogP contribution in [0.15, 0.2) is 30.3 Å². The van der Waals surface area contributed by atoms with Crippen LogP contribution in [-0.4, -0.2) is 12.4 Å². The van der Waals surface area contributed by atoms with Crippen LogP contribution >= 0.6 is 11.6 Å². The number of ketones is 1. The number of carbonyl (C=O) groups excluding carboxylic acids is 1. The molecule has 0 unspecified atom stereocenters. The van der Waals surface area contributed by atoms with Crippen LogP contribution in [0.3, 0.4) is 0 Å². The quantitative estimate of drug-likeness (QED) is 0.802. The molecular weight excluding hydrogens is 298 g/mol. The number of hydrogen-bond acceptors (Lipinski definition) is 2. The van der Waals surface area contributed by atoms with Crippen molar-refractivity contribution >= 4 is 17.4 Å². The Morgan fingerprint density at radius 2 is 1.95 bits per heavy atom. The molecule has 3 rings (SSSR count). The van der Waals surface area contributed by atoms with Gasteiger partial charge in [0.05, 0.1) is 12.2 Å². The van der Waals surface area contributed by atoms with E-state index in [2.05, 4.69) is 0 Å². The van der Waals surface area contributed by atoms with Crippen LogP contribution in [0.4, 0.5) is 8.78 Å². The largest absolute Gasteiger partial charge is 0.492 e. The van der Waals surface area contributed by atoms with Gasteiger partial charge in [-0.1, -0.05) is 17.7 Å². The first-order valence-electron chi connectivity index (χ1n) is 6.47. The third kappa shape index (κ3) is 2.63. The maximum atomic E-state index is 13.6. The van der Waals surface area contributed by atoms with E-state index in [9.17, 15) is 13.6 Å². The molecule has 0 bridgehead atoms. The van der Waals surface area contributed by atoms with Crippen LogP contribution in [0.25, 0.3) is 0 Å². The van der Waals surface area contributed by atoms with Crippen LogP contribution in [0.2, 0.25) is 5.02 Å². The molecule has 1 aliphatic rings. The monoisotopic (exact) mass is 308 g/mol. The van der Waals surface area contributed by atoms with Gasteiger partial charge in [0.25, 0.3) is 0 Å². The van der Waals surface area contributed by atoms with Crippen LogP contribution < -0.4 is 4.74 Å². The Hall–Kier alpha value is -1.94. The highest BCUT2D eigenvalue weighted by Crippen LogP contribution is 2.33. The number of carbonyl (C=O) groups is 1. The van der Waals surface area contributed by atoms with Gasteiger partial charge < -0.3 is 4.74 Å². The van der Waals surface area contributed by atoms with E-state index < -0.39 is 17.4 Å². The van der Waals surface area contributed by atoms with E-state index in [0.717, 1.165) is 17.7 Å². The van der Waals surface area contributed by atoms with Gasteiger partial charge in [0.2, 0.25) is 0 Å². The minimum atomic E-state index is -0.733. The normalized spacial score (nSPS) is 12.9. The number of Topliss-reactive ketones (excluding diaryl/α,β-unsaturated/α-hetero) is 1. The van der Waals surface area contributed by atoms with Crippen LogP contribution in [-0.2, 0) is 12.8 Å². The molecule has 0 aliphatic carbocycles. The number of ether oxygens (including phenoxy) is 1. The fraction of sp³-hybridized carbons (Fsp3) is 0.188. The molecule has 0 fully saturated rings. The van der Waals surface area contributed by atoms with Gasteiger partial charge in [0.1, 0.15) is 17.4 Å². The van der Waals surface area contributed by atoms with Crippen molar-refractivity contribution in [1.29, 1.82) is 0 Å². The average molecular weight is 309 g/mol. The number of halogens is 3. The van der Waals surface area contributed by atoms with E-state index in [1.54, 1.807) is 6.07 Å². The first-order valence-corrected chi connectivity index (χ1v) is 6.85. The van der Waals surface area contributed by atoms with Gasteiger partial charge in [-0.2, -0.15) is 0 Å². The zero-order chi connectivity index (χ0) is 15.0. The van der Waals surface area contributed by atoms with E-state index in [0.29, 0.717) is 23.8 Å². The summed E-state index contributed by atoms with van der Waals surface area (Å²) in [5, 5.41) is 0.414. The van der Waals surface area contributed by atoms with E-state index >= 15 is 0 Å². The molecule has 0 spiro atoms. The van der Waals surface area contributed by atoms with Crippen molar-refractivity contribution in [1.82, 2.24) is 0 Å². The molecule has 2 aromatic carbocycles. The fourth-order valence-electron chi connectivity index (χ4n) is 2.43. The second-order valence-electron chi connectivity index (χ2n) is 4.84. The van der Waals surface area contributed by atoms with Gasteiger partial charge in [0.15, 0.2) is 5.78 Å². The lowest BCUT2D eigenvalue weighted by Gasteiger charge is -2.09. The predicted octanol–water partition coefficient (Wildman–Crippen LogP) is 3.98. The van der Waals surface area contributed by atoms with Crippen molar-refractivity contribution in [3.8, 4) is 5.75 Å². The molecule has 1 aliphatic heterocycles. The molecule has 0 N–H and O–H groups in total. The fourth-order valence-corrected chi connectivity index (χ4v) is 2.67. The van der Waals surface area contributed by atoms with E-state index in [4.69, 9.17) is 16.3 Å². The summed E-state index contributed by atoms with van der Waals surface area (Å²) < 4.78 is 32.7. The van der Waals surface area contributed by atoms with Crippen molar-refractivity contribution in [2.24, 2.45) is 0 Å². The highest BCUT2D eigenvalue weighted by molar-refractivity contribution is 6.31. The molecule has 0 aromatic heterocycles. The number of rotatable bonds is 3. The lowest BCUT2D eigenvalue weighted by atomic mass is 9.99. The van der Waals surface area contributed by atoms with E-state index in [-0.39, 0.29) is 17.5 Å². The number of benzene rings is 2. The third-order valence-corrected chi connectivity index (χ3v) is 3.67. The summed E-state index contributed by atoms with van der Waals surface area (Å²) in [7, 11) is 0. The first-order chi connectivity index (χ1) is 10.1. The van der Waals surface area contributed by atoms with Crippen LogP contribution in [0, 0.1) is 11.6 Å². The topological polar surface area (TPSA) is 26.3 Å². The summed E-state index contributed by atoms with van der Waals surface area (Å²) in [6, 6.07) is 6.74. The summed E-state index contributed by atoms with van der Waals surface area (Å²) in [6.07, 6.45) is 0.304. The molecule has 108 valence electrons. The Morgan fingerprint density at radius 3 is 2.67 bits per heavy atom. The molecular formula is C16H11ClF2O2. The summed E-state index contributed by atoms with van der Waals surface area (Å²) in [5.41, 5.74) is 0.881. The highest BCUT2D eigenvalue weighted by atomic mass is 35.5. The molecule has 0 radical (unpaired) electrons. The van der Waals surface area contributed by atoms with Crippen molar-refractivity contribution in [3.05, 3.63) is 63.7 Å². The minimum Gasteiger partial charge on any atom is -0.492 e. The van der Waals surface area contributed by atoms with Crippen molar-refractivity contribution in [2.45, 2.75) is 12.8 Å². The van der Waals surface area contributed by atoms with Gasteiger partial charge in [-0.3, -0.25) is 4.79 Å². The molecule has 0 saturated carbocycles. The highest BCUT2D eigenvalue weighted by Gasteiger charge is 2.23. The van der Waals surface area contributed by atoms with Gasteiger partial charge in [-0.05, 0) is 29.8 Å². The first kappa shape index (κ1) is 14.0. The van der Waals surface area contributed by atoms with Gasteiger partial charge >= 0.3 is 0 Å². The molecule has 5 heteroatoms. The molecule has 0 atom stereocenters. The molecule has 2 nitrogen and oxygen atoms in total. The lowest BCUT2D eigenvalue weighted by molar-refractivity contribution is 0.0987. The van der Waals surface area contributed by atoms with Gasteiger partial charge in [-0.15, -0.1) is 0 Å². The van der Waals surface area contributed by atoms with Crippen molar-refractivity contribution < 1.29 is 18.3 Å². The number of hydrogen-bond donors (Lipinski definition) is 0. The Kier molecular flexibility index (Phi) is 3.64. The Bertz CT molecular complexity index is 708. The van der Waals surface area contributed by atoms with E-state index in [1.165, 1.54) is 12.1 Å². The predicted molar refractivity (Wildman–Crippen MR) is 75.0 cm³/mol. The van der Waals surface area contributed by atoms with Gasteiger partial charge in [0, 0.05) is 23.4 Å². The maximum absolute atomic E-state index is 13.6. The van der Waals surface area contributed by atoms with Crippen LogP contribution in [0.1, 0.15) is 21.5 Å². The third-order valence-electron chi connectivity index (χ3n) is 3.45. The van der Waals surface area contributed by atoms with Gasteiger partial charge in [-0.25, -0.2) is 8.78 Å². The number of fused-ring (bicyclic) bond motifs is 1.